The van der Waals surface area contributed by atoms with Crippen molar-refractivity contribution in [3.05, 3.63) is 34.5 Å². The van der Waals surface area contributed by atoms with E-state index in [1.807, 2.05) is 18.7 Å². The third-order valence-electron chi connectivity index (χ3n) is 9.54. The zero-order valence-corrected chi connectivity index (χ0v) is 28.1. The van der Waals surface area contributed by atoms with Gasteiger partial charge in [-0.05, 0) is 63.1 Å². The smallest absolute Gasteiger partial charge is 0.417 e. The summed E-state index contributed by atoms with van der Waals surface area (Å²) < 4.78 is 92.3. The molecule has 264 valence electrons. The molecular weight excluding hydrogens is 636 g/mol. The Kier molecular flexibility index (Phi) is 10.4. The van der Waals surface area contributed by atoms with E-state index in [0.717, 1.165) is 37.9 Å². The Labute approximate surface area is 277 Å². The number of rotatable bonds is 7. The highest BCUT2D eigenvalue weighted by Crippen LogP contribution is 2.48. The first-order chi connectivity index (χ1) is 22.7. The second-order valence-electron chi connectivity index (χ2n) is 13.5. The summed E-state index contributed by atoms with van der Waals surface area (Å²) in [5.74, 6) is -1.86. The van der Waals surface area contributed by atoms with Crippen LogP contribution in [0.3, 0.4) is 0 Å². The maximum absolute atomic E-state index is 16.0. The quantitative estimate of drug-likeness (QED) is 0.176. The highest BCUT2D eigenvalue weighted by molar-refractivity contribution is 5.94. The van der Waals surface area contributed by atoms with Gasteiger partial charge in [0.1, 0.15) is 35.6 Å². The van der Waals surface area contributed by atoms with Crippen molar-refractivity contribution in [1.82, 2.24) is 25.2 Å². The van der Waals surface area contributed by atoms with Gasteiger partial charge in [-0.15, -0.1) is 0 Å². The van der Waals surface area contributed by atoms with Crippen LogP contribution in [0.25, 0.3) is 22.2 Å². The number of hydrogen-bond acceptors (Lipinski definition) is 8. The number of nitrogen functional groups attached to an aromatic ring is 2. The van der Waals surface area contributed by atoms with Crippen molar-refractivity contribution in [2.45, 2.75) is 103 Å². The van der Waals surface area contributed by atoms with E-state index < -0.39 is 57.6 Å². The average molecular weight is 682 g/mol. The Balaban J connectivity index is 0.000000392. The monoisotopic (exact) mass is 681 g/mol. The van der Waals surface area contributed by atoms with Crippen molar-refractivity contribution in [1.29, 1.82) is 0 Å². The Morgan fingerprint density at radius 3 is 2.27 bits per heavy atom. The molecule has 0 amide bonds. The molecule has 4 aliphatic rings. The van der Waals surface area contributed by atoms with Crippen LogP contribution < -0.4 is 21.5 Å². The first-order valence-electron chi connectivity index (χ1n) is 16.8. The lowest BCUT2D eigenvalue weighted by Crippen LogP contribution is -2.59. The molecule has 1 saturated carbocycles. The van der Waals surface area contributed by atoms with Gasteiger partial charge in [-0.2, -0.15) is 23.1 Å². The molecule has 0 bridgehead atoms. The van der Waals surface area contributed by atoms with Gasteiger partial charge in [-0.25, -0.2) is 18.2 Å². The number of alkyl halides is 4. The second-order valence-corrected chi connectivity index (χ2v) is 13.5. The number of hydrogen-bond donors (Lipinski definition) is 3. The summed E-state index contributed by atoms with van der Waals surface area (Å²) in [7, 11) is 0. The number of aromatic nitrogens is 3. The molecule has 4 fully saturated rings. The molecule has 5 heterocycles. The first-order valence-corrected chi connectivity index (χ1v) is 16.8. The SMILES string of the molecule is CC.CC(C)CC1CCN1.Cc1c(F)c(N)cc(-c2nc(C3CC3)c3c(N)nc(OCC45CCN4CC(F)C5)nc3c2F)c1C(F)(F)F. The molecule has 8 nitrogen and oxygen atoms in total. The molecule has 3 unspecified atom stereocenters. The van der Waals surface area contributed by atoms with Gasteiger partial charge in [0.2, 0.25) is 0 Å². The van der Waals surface area contributed by atoms with Crippen molar-refractivity contribution in [3.8, 4) is 17.3 Å². The summed E-state index contributed by atoms with van der Waals surface area (Å²) in [6.45, 7) is 11.8. The Morgan fingerprint density at radius 2 is 1.77 bits per heavy atom. The van der Waals surface area contributed by atoms with Gasteiger partial charge in [-0.1, -0.05) is 27.7 Å². The predicted molar refractivity (Wildman–Crippen MR) is 174 cm³/mol. The molecule has 7 rings (SSSR count). The van der Waals surface area contributed by atoms with Crippen LogP contribution in [0, 0.1) is 24.5 Å². The van der Waals surface area contributed by atoms with Crippen molar-refractivity contribution in [2.75, 3.05) is 37.7 Å². The predicted octanol–water partition coefficient (Wildman–Crippen LogP) is 7.32. The van der Waals surface area contributed by atoms with Crippen LogP contribution in [0.1, 0.15) is 89.0 Å². The molecule has 0 radical (unpaired) electrons. The average Bonchev–Trinajstić information content (AvgIpc) is 3.81. The fraction of sp³-hybridized carbons (Fsp3) is 0.618. The van der Waals surface area contributed by atoms with Gasteiger partial charge in [0.15, 0.2) is 5.82 Å². The van der Waals surface area contributed by atoms with Crippen molar-refractivity contribution < 1.29 is 31.1 Å². The molecule has 3 atom stereocenters. The van der Waals surface area contributed by atoms with Gasteiger partial charge >= 0.3 is 12.2 Å². The van der Waals surface area contributed by atoms with E-state index in [1.54, 1.807) is 0 Å². The maximum Gasteiger partial charge on any atom is 0.417 e. The summed E-state index contributed by atoms with van der Waals surface area (Å²) in [4.78, 5) is 14.6. The molecule has 3 saturated heterocycles. The second kappa shape index (κ2) is 13.9. The highest BCUT2D eigenvalue weighted by atomic mass is 19.4. The minimum atomic E-state index is -5.01. The number of nitrogens with two attached hydrogens (primary N) is 2. The summed E-state index contributed by atoms with van der Waals surface area (Å²) in [5, 5.41) is 3.47. The third kappa shape index (κ3) is 7.01. The van der Waals surface area contributed by atoms with Gasteiger partial charge in [0, 0.05) is 37.0 Å². The van der Waals surface area contributed by atoms with Gasteiger partial charge in [-0.3, -0.25) is 4.90 Å². The van der Waals surface area contributed by atoms with E-state index >= 15 is 4.39 Å². The van der Waals surface area contributed by atoms with E-state index in [1.165, 1.54) is 19.4 Å². The summed E-state index contributed by atoms with van der Waals surface area (Å²) in [6.07, 6.45) is -0.886. The number of pyridine rings is 1. The fourth-order valence-electron chi connectivity index (χ4n) is 6.83. The number of benzene rings is 1. The lowest BCUT2D eigenvalue weighted by Gasteiger charge is -2.47. The zero-order chi connectivity index (χ0) is 35.1. The summed E-state index contributed by atoms with van der Waals surface area (Å²) >= 11 is 0. The molecule has 0 spiro atoms. The van der Waals surface area contributed by atoms with Crippen LogP contribution in [0.5, 0.6) is 6.01 Å². The van der Waals surface area contributed by atoms with Crippen LogP contribution in [-0.4, -0.2) is 63.8 Å². The number of nitrogens with zero attached hydrogens (tertiary/aromatic N) is 4. The van der Waals surface area contributed by atoms with E-state index in [9.17, 15) is 22.0 Å². The van der Waals surface area contributed by atoms with E-state index in [-0.39, 0.29) is 47.4 Å². The molecule has 48 heavy (non-hydrogen) atoms. The Hall–Kier alpha value is -3.39. The molecule has 1 aliphatic carbocycles. The lowest BCUT2D eigenvalue weighted by atomic mass is 9.86. The van der Waals surface area contributed by atoms with E-state index in [0.29, 0.717) is 19.4 Å². The first kappa shape index (κ1) is 35.9. The summed E-state index contributed by atoms with van der Waals surface area (Å²) in [6, 6.07) is 1.32. The Bertz CT molecular complexity index is 1640. The molecule has 5 N–H and O–H groups in total. The zero-order valence-electron chi connectivity index (χ0n) is 28.1. The molecule has 1 aromatic carbocycles. The standard InChI is InChI=1S/C25H24F6N6O.C7H15N.C2H6/c1-10-16(25(29,30)31)13(6-14(32)17(10)27)20-18(28)21-15(19(34-20)11-2-3-11)22(33)36-23(35-21)38-9-24-4-5-37(24)8-12(26)7-24;1-6(2)5-7-3-4-8-7;1-2/h6,11-12H,2-5,7-9,32H2,1H3,(H2,33,35,36);6-8H,3-5H2,1-2H3;1-2H3. The Morgan fingerprint density at radius 1 is 1.08 bits per heavy atom. The molecule has 2 aromatic heterocycles. The number of ether oxygens (including phenoxy) is 1. The molecule has 14 heteroatoms. The minimum absolute atomic E-state index is 0.0549. The highest BCUT2D eigenvalue weighted by Gasteiger charge is 2.52. The minimum Gasteiger partial charge on any atom is -0.461 e. The van der Waals surface area contributed by atoms with E-state index in [4.69, 9.17) is 16.2 Å². The van der Waals surface area contributed by atoms with E-state index in [2.05, 4.69) is 34.1 Å². The van der Waals surface area contributed by atoms with Gasteiger partial charge < -0.3 is 21.5 Å². The largest absolute Gasteiger partial charge is 0.461 e. The maximum atomic E-state index is 16.0. The van der Waals surface area contributed by atoms with Crippen molar-refractivity contribution in [3.63, 3.8) is 0 Å². The van der Waals surface area contributed by atoms with Crippen LogP contribution in [0.2, 0.25) is 0 Å². The fourth-order valence-corrected chi connectivity index (χ4v) is 6.83. The van der Waals surface area contributed by atoms with Crippen LogP contribution >= 0.6 is 0 Å². The number of anilines is 2. The van der Waals surface area contributed by atoms with Crippen molar-refractivity contribution in [2.24, 2.45) is 5.92 Å². The van der Waals surface area contributed by atoms with Crippen LogP contribution in [-0.2, 0) is 6.18 Å². The van der Waals surface area contributed by atoms with Crippen LogP contribution in [0.15, 0.2) is 6.07 Å². The molecule has 3 aromatic rings. The normalized spacial score (nSPS) is 23.4. The number of nitrogens with one attached hydrogen (secondary N) is 1. The summed E-state index contributed by atoms with van der Waals surface area (Å²) in [5.41, 5.74) is 7.15. The number of fused-ring (bicyclic) bond motifs is 2. The van der Waals surface area contributed by atoms with Crippen LogP contribution in [0.4, 0.5) is 37.8 Å². The van der Waals surface area contributed by atoms with Gasteiger partial charge in [0.25, 0.3) is 0 Å². The number of halogens is 6. The molecule has 3 aliphatic heterocycles. The molecular formula is C34H45F6N7O. The van der Waals surface area contributed by atoms with Gasteiger partial charge in [0.05, 0.1) is 27.9 Å². The third-order valence-corrected chi connectivity index (χ3v) is 9.54. The topological polar surface area (TPSA) is 115 Å². The lowest BCUT2D eigenvalue weighted by molar-refractivity contribution is -0.137. The van der Waals surface area contributed by atoms with Crippen molar-refractivity contribution >= 4 is 22.4 Å².